The third kappa shape index (κ3) is 16.0. The fraction of sp³-hybridized carbons (Fsp3) is 0.768. The highest BCUT2D eigenvalue weighted by molar-refractivity contribution is 6.39. The lowest BCUT2D eigenvalue weighted by Gasteiger charge is -2.43. The van der Waals surface area contributed by atoms with Crippen molar-refractivity contribution in [2.24, 2.45) is 41.4 Å². The van der Waals surface area contributed by atoms with Gasteiger partial charge in [0.15, 0.2) is 5.78 Å². The molecule has 3 N–H and O–H groups in total. The van der Waals surface area contributed by atoms with E-state index in [2.05, 4.69) is 0 Å². The number of methoxy groups -OCH3 is 2. The predicted molar refractivity (Wildman–Crippen MR) is 268 cm³/mol. The van der Waals surface area contributed by atoms with Crippen LogP contribution in [0.3, 0.4) is 0 Å². The molecule has 0 spiro atoms. The van der Waals surface area contributed by atoms with Gasteiger partial charge in [0.2, 0.25) is 5.79 Å². The van der Waals surface area contributed by atoms with Gasteiger partial charge in [0, 0.05) is 71.2 Å². The number of rotatable bonds is 9. The van der Waals surface area contributed by atoms with Gasteiger partial charge in [0.25, 0.3) is 11.7 Å². The monoisotopic (exact) mass is 998 g/mol. The van der Waals surface area contributed by atoms with Crippen LogP contribution in [0.2, 0.25) is 0 Å². The van der Waals surface area contributed by atoms with Crippen LogP contribution in [-0.2, 0) is 52.4 Å². The van der Waals surface area contributed by atoms with Crippen molar-refractivity contribution in [3.05, 3.63) is 47.6 Å². The number of ether oxygens (including phenoxy) is 6. The third-order valence-corrected chi connectivity index (χ3v) is 16.1. The third-order valence-electron chi connectivity index (χ3n) is 16.1. The van der Waals surface area contributed by atoms with Crippen LogP contribution >= 0.6 is 0 Å². The second-order valence-corrected chi connectivity index (χ2v) is 21.7. The van der Waals surface area contributed by atoms with E-state index in [1.54, 1.807) is 34.0 Å². The normalized spacial score (nSPS) is 40.2. The van der Waals surface area contributed by atoms with Gasteiger partial charge in [-0.15, -0.1) is 0 Å². The lowest BCUT2D eigenvalue weighted by Crippen LogP contribution is -2.61. The topological polar surface area (TPSA) is 205 Å². The van der Waals surface area contributed by atoms with E-state index in [0.717, 1.165) is 31.4 Å². The van der Waals surface area contributed by atoms with Crippen LogP contribution in [0, 0.1) is 41.4 Å². The van der Waals surface area contributed by atoms with E-state index >= 15 is 0 Å². The molecule has 1 aliphatic carbocycles. The Kier molecular flexibility index (Phi) is 22.9. The SMILES string of the molecule is COC1CC(CC(C)C2CC(=O)C(C)/C=C(\C)C(O)C(OC)C(=O)C(C)CC(C)/C=C/C=C/C=C(\C)C(OCCC3CCOC3)CC3CCC(C)C(O)(O3)C(=O)C(=O)N3CCCCC3C(=O)O2)CCC1O. The summed E-state index contributed by atoms with van der Waals surface area (Å²) in [6.45, 7) is 14.7. The van der Waals surface area contributed by atoms with Gasteiger partial charge in [0.1, 0.15) is 30.1 Å². The number of carbonyl (C=O) groups excluding carboxylic acids is 5. The van der Waals surface area contributed by atoms with Gasteiger partial charge in [-0.2, -0.15) is 0 Å². The molecule has 0 aromatic heterocycles. The first-order chi connectivity index (χ1) is 33.8. The second kappa shape index (κ2) is 27.8. The Bertz CT molecular complexity index is 1910. The van der Waals surface area contributed by atoms with E-state index in [1.807, 2.05) is 58.1 Å². The number of hydrogen-bond acceptors (Lipinski definition) is 14. The van der Waals surface area contributed by atoms with Gasteiger partial charge in [-0.1, -0.05) is 71.1 Å². The van der Waals surface area contributed by atoms with Crippen molar-refractivity contribution in [3.8, 4) is 0 Å². The standard InChI is InChI=1S/C56H87NO14/c1-34-15-11-10-12-16-35(2)47(69-26-23-41-22-25-68-33-41)31-43-20-18-40(7)56(65,71-43)53(62)54(63)57-24-14-13-17-44(57)55(64)70-48(37(4)29-42-19-21-45(58)49(30-42)66-8)32-46(59)36(3)28-39(6)51(61)52(67-9)50(60)38(5)27-34/h10-12,15-16,28,34,36-38,40-45,47-49,51-52,58,61,65H,13-14,17-27,29-33H2,1-9H3/b12-10+,15-11+,35-16+,39-28+. The highest BCUT2D eigenvalue weighted by Gasteiger charge is 2.53. The average molecular weight is 998 g/mol. The van der Waals surface area contributed by atoms with Gasteiger partial charge in [-0.25, -0.2) is 4.79 Å². The number of amides is 1. The fourth-order valence-electron chi connectivity index (χ4n) is 11.2. The number of allylic oxidation sites excluding steroid dienone is 6. The molecule has 4 aliphatic heterocycles. The summed E-state index contributed by atoms with van der Waals surface area (Å²) in [5.74, 6) is -7.62. The van der Waals surface area contributed by atoms with Crippen LogP contribution in [0.5, 0.6) is 0 Å². The Morgan fingerprint density at radius 3 is 2.32 bits per heavy atom. The Balaban J connectivity index is 1.47. The molecule has 4 heterocycles. The minimum absolute atomic E-state index is 0.00906. The Morgan fingerprint density at radius 2 is 1.62 bits per heavy atom. The molecule has 1 amide bonds. The number of nitrogens with zero attached hydrogens (tertiary/aromatic N) is 1. The summed E-state index contributed by atoms with van der Waals surface area (Å²) in [6.07, 6.45) is 13.0. The maximum absolute atomic E-state index is 14.5. The molecule has 400 valence electrons. The number of aliphatic hydroxyl groups is 3. The van der Waals surface area contributed by atoms with Crippen LogP contribution < -0.4 is 0 Å². The number of esters is 1. The molecule has 1 saturated carbocycles. The zero-order valence-electron chi connectivity index (χ0n) is 44.1. The predicted octanol–water partition coefficient (Wildman–Crippen LogP) is 6.98. The van der Waals surface area contributed by atoms with Gasteiger partial charge in [-0.3, -0.25) is 19.2 Å². The van der Waals surface area contributed by atoms with Crippen molar-refractivity contribution in [2.45, 2.75) is 193 Å². The number of cyclic esters (lactones) is 1. The van der Waals surface area contributed by atoms with E-state index in [9.17, 15) is 39.3 Å². The Hall–Kier alpha value is -3.41. The molecule has 3 saturated heterocycles. The molecule has 15 heteroatoms. The van der Waals surface area contributed by atoms with Gasteiger partial charge < -0.3 is 48.6 Å². The maximum atomic E-state index is 14.5. The Morgan fingerprint density at radius 1 is 0.859 bits per heavy atom. The molecule has 71 heavy (non-hydrogen) atoms. The average Bonchev–Trinajstić information content (AvgIpc) is 3.87. The van der Waals surface area contributed by atoms with Crippen LogP contribution in [0.15, 0.2) is 47.6 Å². The van der Waals surface area contributed by atoms with E-state index in [0.29, 0.717) is 82.5 Å². The molecule has 2 bridgehead atoms. The minimum atomic E-state index is -2.45. The number of Topliss-reactive ketones (excluding diaryl/α,β-unsaturated/α-hetero) is 3. The van der Waals surface area contributed by atoms with Crippen LogP contribution in [0.1, 0.15) is 138 Å². The first kappa shape index (κ1) is 58.5. The fourth-order valence-corrected chi connectivity index (χ4v) is 11.2. The van der Waals surface area contributed by atoms with Crippen molar-refractivity contribution in [2.75, 3.05) is 40.6 Å². The molecule has 5 rings (SSSR count). The van der Waals surface area contributed by atoms with Crippen molar-refractivity contribution < 1.29 is 67.7 Å². The van der Waals surface area contributed by atoms with Crippen molar-refractivity contribution >= 4 is 29.2 Å². The van der Waals surface area contributed by atoms with Crippen LogP contribution in [-0.4, -0.2) is 145 Å². The van der Waals surface area contributed by atoms with Gasteiger partial charge in [0.05, 0.1) is 24.4 Å². The molecule has 4 fully saturated rings. The number of fused-ring (bicyclic) bond motifs is 3. The molecule has 15 nitrogen and oxygen atoms in total. The summed E-state index contributed by atoms with van der Waals surface area (Å²) in [6, 6.07) is -1.15. The van der Waals surface area contributed by atoms with Gasteiger partial charge >= 0.3 is 5.97 Å². The largest absolute Gasteiger partial charge is 0.460 e. The van der Waals surface area contributed by atoms with E-state index in [-0.39, 0.29) is 54.8 Å². The van der Waals surface area contributed by atoms with E-state index < -0.39 is 83.9 Å². The number of ketones is 3. The summed E-state index contributed by atoms with van der Waals surface area (Å²) < 4.78 is 35.9. The van der Waals surface area contributed by atoms with Crippen molar-refractivity contribution in [3.63, 3.8) is 0 Å². The lowest BCUT2D eigenvalue weighted by atomic mass is 9.78. The number of piperidine rings is 1. The number of hydrogen-bond donors (Lipinski definition) is 3. The first-order valence-corrected chi connectivity index (χ1v) is 26.6. The second-order valence-electron chi connectivity index (χ2n) is 21.7. The molecule has 0 aromatic rings. The summed E-state index contributed by atoms with van der Waals surface area (Å²) in [4.78, 5) is 72.6. The smallest absolute Gasteiger partial charge is 0.329 e. The van der Waals surface area contributed by atoms with Gasteiger partial charge in [-0.05, 0) is 126 Å². The summed E-state index contributed by atoms with van der Waals surface area (Å²) in [5, 5.41) is 34.2. The van der Waals surface area contributed by atoms with Crippen molar-refractivity contribution in [1.29, 1.82) is 0 Å². The quantitative estimate of drug-likeness (QED) is 0.121. The lowest BCUT2D eigenvalue weighted by molar-refractivity contribution is -0.266. The summed E-state index contributed by atoms with van der Waals surface area (Å²) in [5.41, 5.74) is 1.29. The molecule has 0 radical (unpaired) electrons. The van der Waals surface area contributed by atoms with Crippen LogP contribution in [0.4, 0.5) is 0 Å². The molecular weight excluding hydrogens is 911 g/mol. The maximum Gasteiger partial charge on any atom is 0.329 e. The molecular formula is C56H87NO14. The Labute approximate surface area is 423 Å². The number of carbonyl (C=O) groups is 5. The van der Waals surface area contributed by atoms with Crippen molar-refractivity contribution in [1.82, 2.24) is 4.90 Å². The molecule has 16 unspecified atom stereocenters. The van der Waals surface area contributed by atoms with Crippen LogP contribution in [0.25, 0.3) is 0 Å². The number of aliphatic hydroxyl groups excluding tert-OH is 2. The highest BCUT2D eigenvalue weighted by Crippen LogP contribution is 2.38. The molecule has 16 atom stereocenters. The molecule has 5 aliphatic rings. The zero-order valence-corrected chi connectivity index (χ0v) is 44.1. The highest BCUT2D eigenvalue weighted by atomic mass is 16.6. The molecule has 0 aromatic carbocycles. The zero-order chi connectivity index (χ0) is 52.0. The van der Waals surface area contributed by atoms with E-state index in [4.69, 9.17) is 28.4 Å². The first-order valence-electron chi connectivity index (χ1n) is 26.6. The minimum Gasteiger partial charge on any atom is -0.460 e. The van der Waals surface area contributed by atoms with E-state index in [1.165, 1.54) is 12.0 Å². The summed E-state index contributed by atoms with van der Waals surface area (Å²) in [7, 11) is 2.95. The summed E-state index contributed by atoms with van der Waals surface area (Å²) >= 11 is 0.